The van der Waals surface area contributed by atoms with E-state index in [0.717, 1.165) is 52.0 Å². The number of hydrogen-bond donors (Lipinski definition) is 0. The fourth-order valence-electron chi connectivity index (χ4n) is 3.54. The summed E-state index contributed by atoms with van der Waals surface area (Å²) >= 11 is 1.89. The normalized spacial score (nSPS) is 21.5. The zero-order valence-corrected chi connectivity index (χ0v) is 13.0. The van der Waals surface area contributed by atoms with E-state index in [9.17, 15) is 0 Å². The number of likely N-dealkylation sites (tertiary alicyclic amines) is 1. The van der Waals surface area contributed by atoms with E-state index in [-0.39, 0.29) is 5.60 Å². The Hall–Kier alpha value is -1.17. The molecule has 0 radical (unpaired) electrons. The number of thiophene rings is 1. The highest BCUT2D eigenvalue weighted by Gasteiger charge is 2.41. The minimum Gasteiger partial charge on any atom is -0.369 e. The van der Waals surface area contributed by atoms with Crippen LogP contribution in [0.5, 0.6) is 0 Å². The van der Waals surface area contributed by atoms with Gasteiger partial charge in [0, 0.05) is 43.4 Å². The zero-order chi connectivity index (χ0) is 14.1. The van der Waals surface area contributed by atoms with E-state index in [1.807, 2.05) is 30.1 Å². The summed E-state index contributed by atoms with van der Waals surface area (Å²) < 4.78 is 8.41. The number of imidazole rings is 1. The third-order valence-corrected chi connectivity index (χ3v) is 5.95. The minimum absolute atomic E-state index is 0.0211. The summed E-state index contributed by atoms with van der Waals surface area (Å²) in [4.78, 5) is 8.15. The van der Waals surface area contributed by atoms with Crippen molar-refractivity contribution in [3.05, 3.63) is 40.6 Å². The van der Waals surface area contributed by atoms with Gasteiger partial charge in [0.05, 0.1) is 12.9 Å². The lowest BCUT2D eigenvalue weighted by Crippen LogP contribution is -2.46. The van der Waals surface area contributed by atoms with Gasteiger partial charge in [0.25, 0.3) is 0 Å². The summed E-state index contributed by atoms with van der Waals surface area (Å²) in [6, 6.07) is 2.29. The molecule has 2 aliphatic rings. The van der Waals surface area contributed by atoms with Gasteiger partial charge in [-0.1, -0.05) is 0 Å². The van der Waals surface area contributed by atoms with Crippen LogP contribution in [0.15, 0.2) is 30.2 Å². The van der Waals surface area contributed by atoms with Crippen molar-refractivity contribution in [1.82, 2.24) is 14.5 Å². The number of hydrogen-bond acceptors (Lipinski definition) is 4. The first kappa shape index (κ1) is 13.5. The van der Waals surface area contributed by atoms with Crippen LogP contribution in [0.25, 0.3) is 0 Å². The maximum absolute atomic E-state index is 6.26. The molecule has 1 fully saturated rings. The molecule has 5 heteroatoms. The second kappa shape index (κ2) is 5.55. The summed E-state index contributed by atoms with van der Waals surface area (Å²) in [7, 11) is 0. The van der Waals surface area contributed by atoms with E-state index < -0.39 is 0 Å². The molecule has 0 N–H and O–H groups in total. The fraction of sp³-hybridized carbons (Fsp3) is 0.562. The van der Waals surface area contributed by atoms with Gasteiger partial charge in [-0.2, -0.15) is 0 Å². The summed E-state index contributed by atoms with van der Waals surface area (Å²) in [5.41, 5.74) is 1.55. The van der Waals surface area contributed by atoms with E-state index in [1.165, 1.54) is 10.4 Å². The molecule has 21 heavy (non-hydrogen) atoms. The molecule has 2 aromatic heterocycles. The Morgan fingerprint density at radius 2 is 2.19 bits per heavy atom. The lowest BCUT2D eigenvalue weighted by Gasteiger charge is -2.43. The van der Waals surface area contributed by atoms with Gasteiger partial charge in [-0.05, 0) is 36.3 Å². The average molecular weight is 303 g/mol. The van der Waals surface area contributed by atoms with Crippen LogP contribution in [0, 0.1) is 0 Å². The Labute approximate surface area is 129 Å². The van der Waals surface area contributed by atoms with Gasteiger partial charge in [-0.3, -0.25) is 0 Å². The first-order chi connectivity index (χ1) is 10.4. The maximum Gasteiger partial charge on any atom is 0.105 e. The van der Waals surface area contributed by atoms with Crippen LogP contribution in [-0.4, -0.2) is 40.7 Å². The van der Waals surface area contributed by atoms with Crippen molar-refractivity contribution >= 4 is 11.3 Å². The summed E-state index contributed by atoms with van der Waals surface area (Å²) in [6.45, 7) is 5.28. The highest BCUT2D eigenvalue weighted by Crippen LogP contribution is 2.44. The number of fused-ring (bicyclic) bond motifs is 2. The highest BCUT2D eigenvalue weighted by atomic mass is 32.1. The van der Waals surface area contributed by atoms with Crippen LogP contribution in [0.3, 0.4) is 0 Å². The molecule has 1 spiro atoms. The Kier molecular flexibility index (Phi) is 3.57. The van der Waals surface area contributed by atoms with Crippen molar-refractivity contribution in [2.45, 2.75) is 31.4 Å². The molecule has 4 nitrogen and oxygen atoms in total. The third-order valence-electron chi connectivity index (χ3n) is 4.81. The smallest absolute Gasteiger partial charge is 0.105 e. The molecule has 1 saturated heterocycles. The molecule has 0 amide bonds. The van der Waals surface area contributed by atoms with Crippen molar-refractivity contribution in [1.29, 1.82) is 0 Å². The van der Waals surface area contributed by atoms with Crippen LogP contribution in [0.4, 0.5) is 0 Å². The minimum atomic E-state index is 0.0211. The first-order valence-electron chi connectivity index (χ1n) is 7.75. The molecule has 4 rings (SSSR count). The summed E-state index contributed by atoms with van der Waals surface area (Å²) in [6.07, 6.45) is 9.13. The van der Waals surface area contributed by atoms with E-state index in [4.69, 9.17) is 4.74 Å². The first-order valence-corrected chi connectivity index (χ1v) is 8.63. The number of rotatable bonds is 3. The lowest BCUT2D eigenvalue weighted by molar-refractivity contribution is -0.0952. The van der Waals surface area contributed by atoms with Gasteiger partial charge in [0.2, 0.25) is 0 Å². The number of ether oxygens (including phenoxy) is 1. The van der Waals surface area contributed by atoms with Gasteiger partial charge in [-0.15, -0.1) is 11.3 Å². The predicted octanol–water partition coefficient (Wildman–Crippen LogP) is 2.51. The van der Waals surface area contributed by atoms with Gasteiger partial charge in [0.15, 0.2) is 0 Å². The molecule has 2 aliphatic heterocycles. The van der Waals surface area contributed by atoms with Crippen LogP contribution in [0.2, 0.25) is 0 Å². The molecular weight excluding hydrogens is 282 g/mol. The Morgan fingerprint density at radius 3 is 3.00 bits per heavy atom. The molecular formula is C16H21N3OS. The quantitative estimate of drug-likeness (QED) is 0.873. The Balaban J connectivity index is 1.39. The van der Waals surface area contributed by atoms with Crippen LogP contribution < -0.4 is 0 Å². The highest BCUT2D eigenvalue weighted by molar-refractivity contribution is 7.10. The van der Waals surface area contributed by atoms with Crippen molar-refractivity contribution < 1.29 is 4.74 Å². The third kappa shape index (κ3) is 2.54. The predicted molar refractivity (Wildman–Crippen MR) is 83.6 cm³/mol. The zero-order valence-electron chi connectivity index (χ0n) is 12.2. The van der Waals surface area contributed by atoms with E-state index in [2.05, 4.69) is 25.9 Å². The molecule has 0 aromatic carbocycles. The molecule has 0 aliphatic carbocycles. The second-order valence-electron chi connectivity index (χ2n) is 6.01. The van der Waals surface area contributed by atoms with E-state index in [0.29, 0.717) is 0 Å². The fourth-order valence-corrected chi connectivity index (χ4v) is 4.71. The van der Waals surface area contributed by atoms with E-state index >= 15 is 0 Å². The second-order valence-corrected chi connectivity index (χ2v) is 6.93. The van der Waals surface area contributed by atoms with Gasteiger partial charge in [-0.25, -0.2) is 4.98 Å². The lowest BCUT2D eigenvalue weighted by atomic mass is 9.85. The van der Waals surface area contributed by atoms with Crippen molar-refractivity contribution in [3.8, 4) is 0 Å². The summed E-state index contributed by atoms with van der Waals surface area (Å²) in [5.74, 6) is 0. The van der Waals surface area contributed by atoms with Crippen LogP contribution in [0.1, 0.15) is 23.3 Å². The van der Waals surface area contributed by atoms with Crippen molar-refractivity contribution in [3.63, 3.8) is 0 Å². The molecule has 0 saturated carbocycles. The van der Waals surface area contributed by atoms with Gasteiger partial charge >= 0.3 is 0 Å². The Bertz CT molecular complexity index is 584. The molecule has 0 unspecified atom stereocenters. The molecule has 4 heterocycles. The topological polar surface area (TPSA) is 30.3 Å². The van der Waals surface area contributed by atoms with Crippen LogP contribution in [-0.2, 0) is 23.3 Å². The van der Waals surface area contributed by atoms with Gasteiger partial charge in [0.1, 0.15) is 5.60 Å². The molecule has 2 aromatic rings. The Morgan fingerprint density at radius 1 is 1.29 bits per heavy atom. The largest absolute Gasteiger partial charge is 0.369 e. The van der Waals surface area contributed by atoms with Gasteiger partial charge < -0.3 is 14.2 Å². The summed E-state index contributed by atoms with van der Waals surface area (Å²) in [5, 5.41) is 2.23. The van der Waals surface area contributed by atoms with E-state index in [1.54, 1.807) is 0 Å². The monoisotopic (exact) mass is 303 g/mol. The SMILES string of the molecule is c1cn(CCN2CCC3(CC2)OCCc2ccsc23)cn1. The van der Waals surface area contributed by atoms with Crippen molar-refractivity contribution in [2.75, 3.05) is 26.2 Å². The van der Waals surface area contributed by atoms with Crippen molar-refractivity contribution in [2.24, 2.45) is 0 Å². The molecule has 0 bridgehead atoms. The maximum atomic E-state index is 6.26. The number of piperidine rings is 1. The molecule has 112 valence electrons. The van der Waals surface area contributed by atoms with Crippen LogP contribution >= 0.6 is 11.3 Å². The average Bonchev–Trinajstić information content (AvgIpc) is 3.19. The number of nitrogens with zero attached hydrogens (tertiary/aromatic N) is 3. The number of aromatic nitrogens is 2. The standard InChI is InChI=1S/C16H21N3OS/c1-11-20-16(15-14(1)2-12-21-15)3-6-18(7-4-16)9-10-19-8-5-17-13-19/h2,5,8,12-13H,1,3-4,6-7,9-11H2. The molecule has 0 atom stereocenters.